The number of rotatable bonds is 10. The summed E-state index contributed by atoms with van der Waals surface area (Å²) >= 11 is 0. The van der Waals surface area contributed by atoms with E-state index in [2.05, 4.69) is 33.0 Å². The number of hydrogen-bond acceptors (Lipinski definition) is 2. The van der Waals surface area contributed by atoms with Crippen LogP contribution in [0.4, 0.5) is 0 Å². The zero-order valence-corrected chi connectivity index (χ0v) is 14.3. The van der Waals surface area contributed by atoms with Gasteiger partial charge in [0.25, 0.3) is 0 Å². The van der Waals surface area contributed by atoms with Crippen LogP contribution in [-0.4, -0.2) is 25.8 Å². The zero-order chi connectivity index (χ0) is 14.8. The van der Waals surface area contributed by atoms with E-state index in [0.29, 0.717) is 6.10 Å². The molecule has 0 aromatic rings. The highest BCUT2D eigenvalue weighted by atomic mass is 16.5. The van der Waals surface area contributed by atoms with Gasteiger partial charge >= 0.3 is 0 Å². The molecule has 0 aliphatic heterocycles. The van der Waals surface area contributed by atoms with E-state index >= 15 is 0 Å². The van der Waals surface area contributed by atoms with E-state index in [1.807, 2.05) is 0 Å². The van der Waals surface area contributed by atoms with Crippen molar-refractivity contribution < 1.29 is 4.74 Å². The van der Waals surface area contributed by atoms with E-state index in [-0.39, 0.29) is 0 Å². The van der Waals surface area contributed by atoms with E-state index in [0.717, 1.165) is 30.9 Å². The summed E-state index contributed by atoms with van der Waals surface area (Å²) in [6.07, 6.45) is 9.78. The third kappa shape index (κ3) is 7.08. The predicted octanol–water partition coefficient (Wildman–Crippen LogP) is 4.63. The lowest BCUT2D eigenvalue weighted by Gasteiger charge is -2.37. The highest BCUT2D eigenvalue weighted by molar-refractivity contribution is 4.81. The van der Waals surface area contributed by atoms with Crippen LogP contribution in [0, 0.1) is 17.8 Å². The van der Waals surface area contributed by atoms with Gasteiger partial charge in [0.2, 0.25) is 0 Å². The van der Waals surface area contributed by atoms with Crippen molar-refractivity contribution in [3.05, 3.63) is 0 Å². The van der Waals surface area contributed by atoms with Crippen molar-refractivity contribution in [1.29, 1.82) is 0 Å². The second-order valence-corrected chi connectivity index (χ2v) is 7.00. The van der Waals surface area contributed by atoms with Gasteiger partial charge in [-0.05, 0) is 56.5 Å². The van der Waals surface area contributed by atoms with Crippen LogP contribution in [0.3, 0.4) is 0 Å². The van der Waals surface area contributed by atoms with Gasteiger partial charge in [0.05, 0.1) is 6.10 Å². The summed E-state index contributed by atoms with van der Waals surface area (Å²) in [5, 5.41) is 3.38. The van der Waals surface area contributed by atoms with Crippen molar-refractivity contribution in [2.24, 2.45) is 17.8 Å². The highest BCUT2D eigenvalue weighted by Crippen LogP contribution is 2.35. The molecule has 0 amide bonds. The number of ether oxygens (including phenoxy) is 1. The van der Waals surface area contributed by atoms with E-state index in [9.17, 15) is 0 Å². The molecule has 1 aliphatic rings. The molecule has 1 saturated carbocycles. The Labute approximate surface area is 127 Å². The van der Waals surface area contributed by atoms with Gasteiger partial charge < -0.3 is 10.1 Å². The molecule has 0 saturated heterocycles. The fourth-order valence-electron chi connectivity index (χ4n) is 3.42. The van der Waals surface area contributed by atoms with Crippen molar-refractivity contribution in [2.75, 3.05) is 19.7 Å². The summed E-state index contributed by atoms with van der Waals surface area (Å²) in [5.41, 5.74) is 0. The average molecular weight is 284 g/mol. The molecule has 0 spiro atoms. The second kappa shape index (κ2) is 10.6. The van der Waals surface area contributed by atoms with E-state index in [1.165, 1.54) is 51.5 Å². The molecular formula is C18H37NO. The van der Waals surface area contributed by atoms with Crippen LogP contribution >= 0.6 is 0 Å². The quantitative estimate of drug-likeness (QED) is 0.590. The van der Waals surface area contributed by atoms with Gasteiger partial charge in [0, 0.05) is 6.61 Å². The Bertz CT molecular complexity index is 229. The Morgan fingerprint density at radius 2 is 1.85 bits per heavy atom. The first-order valence-electron chi connectivity index (χ1n) is 8.97. The Morgan fingerprint density at radius 1 is 1.10 bits per heavy atom. The van der Waals surface area contributed by atoms with Crippen LogP contribution in [0.1, 0.15) is 72.6 Å². The molecule has 0 bridgehead atoms. The van der Waals surface area contributed by atoms with Crippen LogP contribution in [-0.2, 0) is 4.74 Å². The SMILES string of the molecule is CCNCCCCCCOC1CC(C)CCC1C(C)C. The molecule has 1 aliphatic carbocycles. The Hall–Kier alpha value is -0.0800. The largest absolute Gasteiger partial charge is 0.378 e. The number of hydrogen-bond donors (Lipinski definition) is 1. The smallest absolute Gasteiger partial charge is 0.0608 e. The van der Waals surface area contributed by atoms with Gasteiger partial charge in [-0.3, -0.25) is 0 Å². The maximum atomic E-state index is 6.24. The Balaban J connectivity index is 2.09. The lowest BCUT2D eigenvalue weighted by atomic mass is 9.75. The third-order valence-corrected chi connectivity index (χ3v) is 4.79. The van der Waals surface area contributed by atoms with Gasteiger partial charge in [0.15, 0.2) is 0 Å². The third-order valence-electron chi connectivity index (χ3n) is 4.79. The van der Waals surface area contributed by atoms with Crippen molar-refractivity contribution >= 4 is 0 Å². The maximum absolute atomic E-state index is 6.24. The molecule has 2 nitrogen and oxygen atoms in total. The van der Waals surface area contributed by atoms with Gasteiger partial charge in [-0.25, -0.2) is 0 Å². The minimum atomic E-state index is 0.528. The van der Waals surface area contributed by atoms with Gasteiger partial charge in [0.1, 0.15) is 0 Å². The van der Waals surface area contributed by atoms with E-state index < -0.39 is 0 Å². The number of unbranched alkanes of at least 4 members (excludes halogenated alkanes) is 3. The lowest BCUT2D eigenvalue weighted by molar-refractivity contribution is -0.0394. The molecule has 120 valence electrons. The summed E-state index contributed by atoms with van der Waals surface area (Å²) in [4.78, 5) is 0. The molecule has 1 fully saturated rings. The molecular weight excluding hydrogens is 246 g/mol. The van der Waals surface area contributed by atoms with Crippen molar-refractivity contribution in [2.45, 2.75) is 78.7 Å². The molecule has 20 heavy (non-hydrogen) atoms. The Morgan fingerprint density at radius 3 is 2.55 bits per heavy atom. The summed E-state index contributed by atoms with van der Waals surface area (Å²) in [7, 11) is 0. The summed E-state index contributed by atoms with van der Waals surface area (Å²) in [6.45, 7) is 12.5. The second-order valence-electron chi connectivity index (χ2n) is 7.00. The molecule has 3 unspecified atom stereocenters. The fraction of sp³-hybridized carbons (Fsp3) is 1.00. The van der Waals surface area contributed by atoms with Crippen LogP contribution < -0.4 is 5.32 Å². The van der Waals surface area contributed by atoms with Crippen LogP contribution in [0.5, 0.6) is 0 Å². The van der Waals surface area contributed by atoms with Gasteiger partial charge in [-0.1, -0.05) is 47.0 Å². The molecule has 1 N–H and O–H groups in total. The van der Waals surface area contributed by atoms with E-state index in [1.54, 1.807) is 0 Å². The predicted molar refractivity (Wildman–Crippen MR) is 88.1 cm³/mol. The minimum Gasteiger partial charge on any atom is -0.378 e. The van der Waals surface area contributed by atoms with Crippen LogP contribution in [0.15, 0.2) is 0 Å². The molecule has 3 atom stereocenters. The van der Waals surface area contributed by atoms with Crippen LogP contribution in [0.25, 0.3) is 0 Å². The Kier molecular flexibility index (Phi) is 9.54. The van der Waals surface area contributed by atoms with Crippen molar-refractivity contribution in [3.8, 4) is 0 Å². The number of nitrogens with one attached hydrogen (secondary N) is 1. The molecule has 0 aromatic carbocycles. The molecule has 0 aromatic heterocycles. The first-order valence-corrected chi connectivity index (χ1v) is 8.97. The van der Waals surface area contributed by atoms with Gasteiger partial charge in [-0.15, -0.1) is 0 Å². The highest BCUT2D eigenvalue weighted by Gasteiger charge is 2.31. The summed E-state index contributed by atoms with van der Waals surface area (Å²) < 4.78 is 6.24. The van der Waals surface area contributed by atoms with E-state index in [4.69, 9.17) is 4.74 Å². The first kappa shape index (κ1) is 18.0. The average Bonchev–Trinajstić information content (AvgIpc) is 2.41. The minimum absolute atomic E-state index is 0.528. The summed E-state index contributed by atoms with van der Waals surface area (Å²) in [6, 6.07) is 0. The molecule has 0 heterocycles. The maximum Gasteiger partial charge on any atom is 0.0608 e. The molecule has 1 rings (SSSR count). The first-order chi connectivity index (χ1) is 9.65. The van der Waals surface area contributed by atoms with Crippen LogP contribution in [0.2, 0.25) is 0 Å². The molecule has 0 radical (unpaired) electrons. The monoisotopic (exact) mass is 283 g/mol. The molecule has 2 heteroatoms. The van der Waals surface area contributed by atoms with Crippen molar-refractivity contribution in [1.82, 2.24) is 5.32 Å². The standard InChI is InChI=1S/C18H37NO/c1-5-19-12-8-6-7-9-13-20-18-14-16(4)10-11-17(18)15(2)3/h15-19H,5-14H2,1-4H3. The fourth-order valence-corrected chi connectivity index (χ4v) is 3.42. The normalized spacial score (nSPS) is 27.1. The van der Waals surface area contributed by atoms with Crippen molar-refractivity contribution in [3.63, 3.8) is 0 Å². The topological polar surface area (TPSA) is 21.3 Å². The summed E-state index contributed by atoms with van der Waals surface area (Å²) in [5.74, 6) is 2.42. The lowest BCUT2D eigenvalue weighted by Crippen LogP contribution is -2.34. The van der Waals surface area contributed by atoms with Gasteiger partial charge in [-0.2, -0.15) is 0 Å². The zero-order valence-electron chi connectivity index (χ0n) is 14.3.